The zero-order valence-electron chi connectivity index (χ0n) is 21.5. The van der Waals surface area contributed by atoms with E-state index in [2.05, 4.69) is 10.3 Å². The van der Waals surface area contributed by atoms with E-state index in [0.717, 1.165) is 61.7 Å². The summed E-state index contributed by atoms with van der Waals surface area (Å²) in [7, 11) is 0. The molecule has 37 heavy (non-hydrogen) atoms. The first kappa shape index (κ1) is 24.1. The molecule has 8 heteroatoms. The number of ether oxygens (including phenoxy) is 1. The first-order chi connectivity index (χ1) is 18.1. The predicted octanol–water partition coefficient (Wildman–Crippen LogP) is 4.32. The van der Waals surface area contributed by atoms with E-state index < -0.39 is 0 Å². The molecule has 0 spiro atoms. The van der Waals surface area contributed by atoms with Crippen LogP contribution in [0.4, 0.5) is 5.95 Å². The van der Waals surface area contributed by atoms with Gasteiger partial charge in [0.2, 0.25) is 11.9 Å². The summed E-state index contributed by atoms with van der Waals surface area (Å²) in [5.41, 5.74) is 3.26. The minimum Gasteiger partial charge on any atom is -0.379 e. The molecule has 4 heterocycles. The second-order valence-electron chi connectivity index (χ2n) is 10.8. The van der Waals surface area contributed by atoms with Gasteiger partial charge in [-0.05, 0) is 56.2 Å². The lowest BCUT2D eigenvalue weighted by Crippen LogP contribution is -2.44. The zero-order valence-corrected chi connectivity index (χ0v) is 21.5. The number of aryl methyl sites for hydroxylation is 1. The third-order valence-electron chi connectivity index (χ3n) is 8.32. The summed E-state index contributed by atoms with van der Waals surface area (Å²) in [4.78, 5) is 38.1. The Labute approximate surface area is 217 Å². The van der Waals surface area contributed by atoms with Crippen LogP contribution in [-0.4, -0.2) is 57.7 Å². The fraction of sp³-hybridized carbons (Fsp3) is 0.517. The Bertz CT molecular complexity index is 1350. The number of likely N-dealkylation sites (tertiary alicyclic amines) is 1. The second kappa shape index (κ2) is 10.2. The van der Waals surface area contributed by atoms with Gasteiger partial charge < -0.3 is 15.0 Å². The van der Waals surface area contributed by atoms with E-state index in [0.29, 0.717) is 36.3 Å². The van der Waals surface area contributed by atoms with Gasteiger partial charge in [0.05, 0.1) is 12.6 Å². The van der Waals surface area contributed by atoms with Gasteiger partial charge >= 0.3 is 0 Å². The van der Waals surface area contributed by atoms with Crippen LogP contribution in [0.15, 0.2) is 41.3 Å². The van der Waals surface area contributed by atoms with E-state index in [-0.39, 0.29) is 23.6 Å². The average molecular weight is 502 g/mol. The monoisotopic (exact) mass is 501 g/mol. The third-order valence-corrected chi connectivity index (χ3v) is 8.32. The van der Waals surface area contributed by atoms with Gasteiger partial charge in [-0.2, -0.15) is 4.98 Å². The van der Waals surface area contributed by atoms with Crippen LogP contribution in [0.25, 0.3) is 22.2 Å². The standard InChI is InChI=1S/C29H35N5O3/c1-19-6-2-5-9-24(19)25-16-21-17-30-29(32-26(21)34(28(25)36)23-12-15-37-18-23)31-22-10-13-33(14-11-22)27(35)20-7-3-4-8-20/h2,5-6,9,16-17,20,22-23H,3-4,7-8,10-15,18H2,1H3,(H,30,31,32)/t23-/m1/s1. The molecule has 1 saturated carbocycles. The van der Waals surface area contributed by atoms with Gasteiger partial charge in [-0.25, -0.2) is 4.98 Å². The van der Waals surface area contributed by atoms with Crippen LogP contribution in [0.2, 0.25) is 0 Å². The van der Waals surface area contributed by atoms with Crippen LogP contribution in [0.3, 0.4) is 0 Å². The highest BCUT2D eigenvalue weighted by atomic mass is 16.5. The van der Waals surface area contributed by atoms with Crippen LogP contribution >= 0.6 is 0 Å². The number of nitrogens with one attached hydrogen (secondary N) is 1. The van der Waals surface area contributed by atoms with Crippen molar-refractivity contribution in [1.82, 2.24) is 19.4 Å². The molecule has 0 radical (unpaired) electrons. The molecule has 2 aromatic heterocycles. The van der Waals surface area contributed by atoms with Gasteiger partial charge in [0.1, 0.15) is 5.65 Å². The van der Waals surface area contributed by atoms with Gasteiger partial charge in [0, 0.05) is 48.8 Å². The highest BCUT2D eigenvalue weighted by Crippen LogP contribution is 2.29. The number of anilines is 1. The minimum absolute atomic E-state index is 0.0410. The fourth-order valence-electron chi connectivity index (χ4n) is 6.18. The lowest BCUT2D eigenvalue weighted by Gasteiger charge is -2.34. The number of nitrogens with zero attached hydrogens (tertiary/aromatic N) is 4. The van der Waals surface area contributed by atoms with Crippen LogP contribution < -0.4 is 10.9 Å². The average Bonchev–Trinajstić information content (AvgIpc) is 3.64. The van der Waals surface area contributed by atoms with Crippen molar-refractivity contribution in [2.24, 2.45) is 5.92 Å². The normalized spacial score (nSPS) is 21.1. The molecule has 3 aromatic rings. The van der Waals surface area contributed by atoms with E-state index in [9.17, 15) is 9.59 Å². The molecule has 1 N–H and O–H groups in total. The van der Waals surface area contributed by atoms with Crippen LogP contribution in [0, 0.1) is 12.8 Å². The van der Waals surface area contributed by atoms with Gasteiger partial charge in [-0.3, -0.25) is 14.2 Å². The lowest BCUT2D eigenvalue weighted by atomic mass is 10.0. The fourth-order valence-corrected chi connectivity index (χ4v) is 6.18. The zero-order chi connectivity index (χ0) is 25.4. The number of hydrogen-bond acceptors (Lipinski definition) is 6. The second-order valence-corrected chi connectivity index (χ2v) is 10.8. The van der Waals surface area contributed by atoms with E-state index in [1.165, 1.54) is 12.8 Å². The Hall–Kier alpha value is -3.26. The Morgan fingerprint density at radius 3 is 2.57 bits per heavy atom. The number of carbonyl (C=O) groups excluding carboxylic acids is 1. The van der Waals surface area contributed by atoms with Crippen LogP contribution in [0.5, 0.6) is 0 Å². The van der Waals surface area contributed by atoms with Crippen molar-refractivity contribution in [3.8, 4) is 11.1 Å². The summed E-state index contributed by atoms with van der Waals surface area (Å²) in [6.07, 6.45) is 8.78. The van der Waals surface area contributed by atoms with Crippen molar-refractivity contribution in [2.45, 2.75) is 64.0 Å². The quantitative estimate of drug-likeness (QED) is 0.560. The highest BCUT2D eigenvalue weighted by molar-refractivity contribution is 5.82. The SMILES string of the molecule is Cc1ccccc1-c1cc2cnc(NC3CCN(C(=O)C4CCCC4)CC3)nc2n([C@@H]2CCOC2)c1=O. The van der Waals surface area contributed by atoms with Gasteiger partial charge in [-0.1, -0.05) is 37.1 Å². The van der Waals surface area contributed by atoms with Crippen molar-refractivity contribution in [3.05, 3.63) is 52.4 Å². The van der Waals surface area contributed by atoms with E-state index in [1.54, 1.807) is 0 Å². The molecule has 6 rings (SSSR count). The summed E-state index contributed by atoms with van der Waals surface area (Å²) >= 11 is 0. The third kappa shape index (κ3) is 4.75. The van der Waals surface area contributed by atoms with Crippen molar-refractivity contribution in [3.63, 3.8) is 0 Å². The smallest absolute Gasteiger partial charge is 0.260 e. The molecule has 3 fully saturated rings. The summed E-state index contributed by atoms with van der Waals surface area (Å²) in [6.45, 7) is 4.71. The van der Waals surface area contributed by atoms with E-state index >= 15 is 0 Å². The van der Waals surface area contributed by atoms with Crippen molar-refractivity contribution >= 4 is 22.9 Å². The number of rotatable bonds is 5. The van der Waals surface area contributed by atoms with Gasteiger partial charge in [-0.15, -0.1) is 0 Å². The molecule has 0 bridgehead atoms. The maximum atomic E-state index is 13.8. The molecule has 1 aromatic carbocycles. The molecule has 8 nitrogen and oxygen atoms in total. The first-order valence-corrected chi connectivity index (χ1v) is 13.7. The van der Waals surface area contributed by atoms with Crippen LogP contribution in [0.1, 0.15) is 56.6 Å². The molecule has 3 aliphatic rings. The summed E-state index contributed by atoms with van der Waals surface area (Å²) in [6, 6.07) is 10.0. The highest BCUT2D eigenvalue weighted by Gasteiger charge is 2.30. The Morgan fingerprint density at radius 2 is 1.84 bits per heavy atom. The number of carbonyl (C=O) groups is 1. The Balaban J connectivity index is 1.27. The first-order valence-electron chi connectivity index (χ1n) is 13.7. The molecular weight excluding hydrogens is 466 g/mol. The summed E-state index contributed by atoms with van der Waals surface area (Å²) in [5.74, 6) is 1.10. The molecule has 194 valence electrons. The molecular formula is C29H35N5O3. The van der Waals surface area contributed by atoms with Gasteiger partial charge in [0.15, 0.2) is 0 Å². The number of aromatic nitrogens is 3. The van der Waals surface area contributed by atoms with Crippen molar-refractivity contribution < 1.29 is 9.53 Å². The van der Waals surface area contributed by atoms with Crippen molar-refractivity contribution in [2.75, 3.05) is 31.6 Å². The number of hydrogen-bond donors (Lipinski definition) is 1. The maximum absolute atomic E-state index is 13.8. The summed E-state index contributed by atoms with van der Waals surface area (Å²) < 4.78 is 7.47. The Morgan fingerprint density at radius 1 is 1.05 bits per heavy atom. The van der Waals surface area contributed by atoms with E-state index in [1.807, 2.05) is 52.9 Å². The molecule has 1 aliphatic carbocycles. The Kier molecular flexibility index (Phi) is 6.67. The summed E-state index contributed by atoms with van der Waals surface area (Å²) in [5, 5.41) is 4.33. The number of pyridine rings is 1. The molecule has 1 atom stereocenters. The maximum Gasteiger partial charge on any atom is 0.260 e. The predicted molar refractivity (Wildman–Crippen MR) is 144 cm³/mol. The van der Waals surface area contributed by atoms with Gasteiger partial charge in [0.25, 0.3) is 5.56 Å². The molecule has 0 unspecified atom stereocenters. The minimum atomic E-state index is -0.0495. The number of benzene rings is 1. The number of piperidine rings is 1. The number of fused-ring (bicyclic) bond motifs is 1. The lowest BCUT2D eigenvalue weighted by molar-refractivity contribution is -0.136. The molecule has 2 aliphatic heterocycles. The van der Waals surface area contributed by atoms with E-state index in [4.69, 9.17) is 9.72 Å². The number of amides is 1. The van der Waals surface area contributed by atoms with Crippen LogP contribution in [-0.2, 0) is 9.53 Å². The molecule has 2 saturated heterocycles. The molecule has 1 amide bonds. The topological polar surface area (TPSA) is 89.3 Å². The van der Waals surface area contributed by atoms with Crippen molar-refractivity contribution in [1.29, 1.82) is 0 Å². The largest absolute Gasteiger partial charge is 0.379 e.